The lowest BCUT2D eigenvalue weighted by atomic mass is 10.2. The average molecular weight is 321 g/mol. The van der Waals surface area contributed by atoms with Gasteiger partial charge in [-0.1, -0.05) is 0 Å². The highest BCUT2D eigenvalue weighted by Gasteiger charge is 2.09. The topological polar surface area (TPSA) is 70.2 Å². The molecule has 0 aliphatic carbocycles. The maximum atomic E-state index is 13.1. The van der Waals surface area contributed by atoms with E-state index in [1.165, 1.54) is 18.5 Å². The fourth-order valence-electron chi connectivity index (χ4n) is 1.71. The normalized spacial score (nSPS) is 10.7. The Balaban J connectivity index is 1.95. The van der Waals surface area contributed by atoms with E-state index in [9.17, 15) is 13.6 Å². The van der Waals surface area contributed by atoms with Crippen LogP contribution in [-0.2, 0) is 0 Å². The Labute approximate surface area is 132 Å². The number of benzene rings is 1. The molecule has 0 spiro atoms. The van der Waals surface area contributed by atoms with Gasteiger partial charge in [-0.2, -0.15) is 0 Å². The number of hydrogen-bond acceptors (Lipinski definition) is 5. The molecule has 0 bridgehead atoms. The first-order valence-electron chi connectivity index (χ1n) is 6.93. The predicted molar refractivity (Wildman–Crippen MR) is 83.4 cm³/mol. The lowest BCUT2D eigenvalue weighted by molar-refractivity contribution is 0.102. The van der Waals surface area contributed by atoms with Crippen LogP contribution in [0.3, 0.4) is 0 Å². The summed E-state index contributed by atoms with van der Waals surface area (Å²) in [5.41, 5.74) is 0.370. The highest BCUT2D eigenvalue weighted by Crippen LogP contribution is 2.14. The molecule has 0 fully saturated rings. The zero-order valence-corrected chi connectivity index (χ0v) is 12.8. The molecule has 2 aromatic rings. The molecule has 2 rings (SSSR count). The molecule has 2 N–H and O–H groups in total. The summed E-state index contributed by atoms with van der Waals surface area (Å²) in [6.07, 6.45) is 2.72. The first-order chi connectivity index (χ1) is 11.0. The number of aromatic nitrogens is 2. The molecule has 0 saturated carbocycles. The summed E-state index contributed by atoms with van der Waals surface area (Å²) in [5, 5.41) is 5.47. The van der Waals surface area contributed by atoms with E-state index in [0.29, 0.717) is 12.5 Å². The zero-order chi connectivity index (χ0) is 16.8. The summed E-state index contributed by atoms with van der Waals surface area (Å²) < 4.78 is 25.9. The number of amides is 1. The monoisotopic (exact) mass is 321 g/mol. The van der Waals surface area contributed by atoms with Crippen molar-refractivity contribution in [1.82, 2.24) is 14.9 Å². The van der Waals surface area contributed by atoms with Crippen LogP contribution in [0, 0.1) is 11.6 Å². The molecule has 0 aliphatic heterocycles. The molecule has 0 saturated heterocycles. The van der Waals surface area contributed by atoms with E-state index in [1.807, 2.05) is 19.0 Å². The number of carbonyl (C=O) groups excluding carboxylic acids is 1. The van der Waals surface area contributed by atoms with Crippen molar-refractivity contribution in [3.63, 3.8) is 0 Å². The number of hydrogen-bond donors (Lipinski definition) is 2. The second-order valence-corrected chi connectivity index (χ2v) is 5.11. The van der Waals surface area contributed by atoms with Crippen molar-refractivity contribution in [3.05, 3.63) is 47.8 Å². The van der Waals surface area contributed by atoms with Gasteiger partial charge in [0.25, 0.3) is 5.91 Å². The second-order valence-electron chi connectivity index (χ2n) is 5.11. The summed E-state index contributed by atoms with van der Waals surface area (Å²) in [4.78, 5) is 22.1. The lowest BCUT2D eigenvalue weighted by Gasteiger charge is -2.10. The van der Waals surface area contributed by atoms with Crippen LogP contribution in [0.2, 0.25) is 0 Å². The molecule has 1 aromatic carbocycles. The third-order valence-electron chi connectivity index (χ3n) is 2.93. The molecule has 0 radical (unpaired) electrons. The minimum atomic E-state index is -1.03. The number of likely N-dealkylation sites (N-methyl/N-ethyl adjacent to an activating group) is 1. The average Bonchev–Trinajstić information content (AvgIpc) is 2.51. The van der Waals surface area contributed by atoms with Crippen molar-refractivity contribution in [2.45, 2.75) is 0 Å². The summed E-state index contributed by atoms with van der Waals surface area (Å²) in [6, 6.07) is 3.12. The third kappa shape index (κ3) is 4.96. The summed E-state index contributed by atoms with van der Waals surface area (Å²) in [7, 11) is 3.91. The predicted octanol–water partition coefficient (Wildman–Crippen LogP) is 1.98. The molecule has 6 nitrogen and oxygen atoms in total. The molecule has 23 heavy (non-hydrogen) atoms. The maximum Gasteiger partial charge on any atom is 0.258 e. The Morgan fingerprint density at radius 3 is 2.48 bits per heavy atom. The van der Waals surface area contributed by atoms with E-state index in [4.69, 9.17) is 0 Å². The van der Waals surface area contributed by atoms with E-state index >= 15 is 0 Å². The lowest BCUT2D eigenvalue weighted by Crippen LogP contribution is -2.21. The van der Waals surface area contributed by atoms with Crippen LogP contribution in [0.25, 0.3) is 0 Å². The van der Waals surface area contributed by atoms with Crippen LogP contribution in [0.1, 0.15) is 10.4 Å². The van der Waals surface area contributed by atoms with Crippen molar-refractivity contribution >= 4 is 17.5 Å². The molecule has 0 atom stereocenters. The van der Waals surface area contributed by atoms with Crippen LogP contribution in [0.15, 0.2) is 30.6 Å². The summed E-state index contributed by atoms with van der Waals surface area (Å²) >= 11 is 0. The molecular weight excluding hydrogens is 304 g/mol. The molecule has 0 unspecified atom stereocenters. The Morgan fingerprint density at radius 2 is 1.87 bits per heavy atom. The largest absolute Gasteiger partial charge is 0.353 e. The van der Waals surface area contributed by atoms with Crippen LogP contribution in [0.5, 0.6) is 0 Å². The Kier molecular flexibility index (Phi) is 5.53. The standard InChI is InChI=1S/C15H17F2N5O/c1-22(2)6-5-18-15-19-8-10(9-20-15)14(23)21-11-3-4-12(16)13(17)7-11/h3-4,7-9H,5-6H2,1-2H3,(H,21,23)(H,18,19,20). The Bertz CT molecular complexity index is 676. The van der Waals surface area contributed by atoms with Crippen LogP contribution in [-0.4, -0.2) is 48.0 Å². The first-order valence-corrected chi connectivity index (χ1v) is 6.93. The number of nitrogens with one attached hydrogen (secondary N) is 2. The highest BCUT2D eigenvalue weighted by atomic mass is 19.2. The molecule has 8 heteroatoms. The van der Waals surface area contributed by atoms with E-state index in [2.05, 4.69) is 20.6 Å². The van der Waals surface area contributed by atoms with Crippen molar-refractivity contribution in [2.24, 2.45) is 0 Å². The van der Waals surface area contributed by atoms with Gasteiger partial charge in [0.15, 0.2) is 11.6 Å². The van der Waals surface area contributed by atoms with Crippen molar-refractivity contribution < 1.29 is 13.6 Å². The van der Waals surface area contributed by atoms with Gasteiger partial charge in [0.05, 0.1) is 5.56 Å². The Hall–Kier alpha value is -2.61. The second kappa shape index (κ2) is 7.59. The summed E-state index contributed by atoms with van der Waals surface area (Å²) in [5.74, 6) is -2.09. The molecule has 1 heterocycles. The fraction of sp³-hybridized carbons (Fsp3) is 0.267. The van der Waals surface area contributed by atoms with Gasteiger partial charge in [-0.05, 0) is 26.2 Å². The number of rotatable bonds is 6. The molecule has 1 aromatic heterocycles. The quantitative estimate of drug-likeness (QED) is 0.851. The minimum absolute atomic E-state index is 0.155. The van der Waals surface area contributed by atoms with Crippen LogP contribution < -0.4 is 10.6 Å². The smallest absolute Gasteiger partial charge is 0.258 e. The van der Waals surface area contributed by atoms with Crippen molar-refractivity contribution in [2.75, 3.05) is 37.8 Å². The van der Waals surface area contributed by atoms with Gasteiger partial charge in [0.2, 0.25) is 5.95 Å². The first kappa shape index (κ1) is 16.8. The maximum absolute atomic E-state index is 13.1. The molecule has 1 amide bonds. The third-order valence-corrected chi connectivity index (χ3v) is 2.93. The van der Waals surface area contributed by atoms with E-state index < -0.39 is 17.5 Å². The van der Waals surface area contributed by atoms with Gasteiger partial charge in [0.1, 0.15) is 0 Å². The summed E-state index contributed by atoms with van der Waals surface area (Å²) in [6.45, 7) is 1.50. The van der Waals surface area contributed by atoms with Gasteiger partial charge >= 0.3 is 0 Å². The minimum Gasteiger partial charge on any atom is -0.353 e. The van der Waals surface area contributed by atoms with Crippen molar-refractivity contribution in [1.29, 1.82) is 0 Å². The number of halogens is 2. The number of anilines is 2. The SMILES string of the molecule is CN(C)CCNc1ncc(C(=O)Nc2ccc(F)c(F)c2)cn1. The zero-order valence-electron chi connectivity index (χ0n) is 12.8. The van der Waals surface area contributed by atoms with Gasteiger partial charge < -0.3 is 15.5 Å². The highest BCUT2D eigenvalue weighted by molar-refractivity contribution is 6.03. The van der Waals surface area contributed by atoms with Crippen LogP contribution >= 0.6 is 0 Å². The van der Waals surface area contributed by atoms with Gasteiger partial charge in [-0.25, -0.2) is 18.7 Å². The van der Waals surface area contributed by atoms with Gasteiger partial charge in [-0.15, -0.1) is 0 Å². The molecule has 122 valence electrons. The van der Waals surface area contributed by atoms with Crippen molar-refractivity contribution in [3.8, 4) is 0 Å². The van der Waals surface area contributed by atoms with Crippen LogP contribution in [0.4, 0.5) is 20.4 Å². The molecular formula is C15H17F2N5O. The molecule has 0 aliphatic rings. The van der Waals surface area contributed by atoms with E-state index in [-0.39, 0.29) is 11.3 Å². The van der Waals surface area contributed by atoms with Gasteiger partial charge in [0, 0.05) is 37.2 Å². The fourth-order valence-corrected chi connectivity index (χ4v) is 1.71. The number of nitrogens with zero attached hydrogens (tertiary/aromatic N) is 3. The van der Waals surface area contributed by atoms with Gasteiger partial charge in [-0.3, -0.25) is 4.79 Å². The number of carbonyl (C=O) groups is 1. The van der Waals surface area contributed by atoms with E-state index in [0.717, 1.165) is 18.7 Å². The Morgan fingerprint density at radius 1 is 1.17 bits per heavy atom. The van der Waals surface area contributed by atoms with E-state index in [1.54, 1.807) is 0 Å².